The molecule has 1 aromatic carbocycles. The van der Waals surface area contributed by atoms with Crippen molar-refractivity contribution in [3.8, 4) is 0 Å². The number of nitrogens with two attached hydrogens (primary N) is 1. The lowest BCUT2D eigenvalue weighted by atomic mass is 10.0. The topological polar surface area (TPSA) is 50.9 Å². The molecule has 1 aromatic heterocycles. The first kappa shape index (κ1) is 8.97. The monoisotopic (exact) mass is 187 g/mol. The third-order valence-corrected chi connectivity index (χ3v) is 2.62. The summed E-state index contributed by atoms with van der Waals surface area (Å²) in [5.74, 6) is 6.12. The van der Waals surface area contributed by atoms with Gasteiger partial charge < -0.3 is 5.43 Å². The van der Waals surface area contributed by atoms with Gasteiger partial charge in [0.1, 0.15) is 5.82 Å². The van der Waals surface area contributed by atoms with Crippen LogP contribution in [-0.2, 0) is 0 Å². The van der Waals surface area contributed by atoms with Gasteiger partial charge in [-0.25, -0.2) is 10.8 Å². The van der Waals surface area contributed by atoms with E-state index in [-0.39, 0.29) is 0 Å². The van der Waals surface area contributed by atoms with Crippen LogP contribution in [0.5, 0.6) is 0 Å². The Morgan fingerprint density at radius 1 is 1.14 bits per heavy atom. The number of fused-ring (bicyclic) bond motifs is 1. The number of hydrogen-bond acceptors (Lipinski definition) is 3. The minimum absolute atomic E-state index is 0.727. The van der Waals surface area contributed by atoms with Crippen LogP contribution in [0.25, 0.3) is 10.8 Å². The predicted molar refractivity (Wildman–Crippen MR) is 59.0 cm³/mol. The molecule has 0 saturated heterocycles. The van der Waals surface area contributed by atoms with Gasteiger partial charge in [0.15, 0.2) is 0 Å². The first-order chi connectivity index (χ1) is 6.74. The van der Waals surface area contributed by atoms with E-state index in [0.717, 1.165) is 11.2 Å². The minimum Gasteiger partial charge on any atom is -0.308 e. The minimum atomic E-state index is 0.727. The molecule has 0 aliphatic heterocycles. The van der Waals surface area contributed by atoms with Crippen LogP contribution >= 0.6 is 0 Å². The third kappa shape index (κ3) is 1.22. The molecule has 3 heteroatoms. The quantitative estimate of drug-likeness (QED) is 0.531. The zero-order chi connectivity index (χ0) is 10.1. The van der Waals surface area contributed by atoms with Crippen molar-refractivity contribution in [2.24, 2.45) is 5.84 Å². The molecule has 3 nitrogen and oxygen atoms in total. The molecule has 0 aliphatic carbocycles. The highest BCUT2D eigenvalue weighted by atomic mass is 15.2. The molecule has 0 aliphatic rings. The smallest absolute Gasteiger partial charge is 0.147 e. The van der Waals surface area contributed by atoms with E-state index in [2.05, 4.69) is 30.3 Å². The van der Waals surface area contributed by atoms with Gasteiger partial charge in [0.25, 0.3) is 0 Å². The van der Waals surface area contributed by atoms with Crippen molar-refractivity contribution in [2.45, 2.75) is 13.8 Å². The summed E-state index contributed by atoms with van der Waals surface area (Å²) in [5, 5.41) is 2.27. The van der Waals surface area contributed by atoms with Crippen LogP contribution in [0.4, 0.5) is 5.82 Å². The number of aryl methyl sites for hydroxylation is 2. The Morgan fingerprint density at radius 3 is 2.64 bits per heavy atom. The molecule has 1 heterocycles. The van der Waals surface area contributed by atoms with Crippen LogP contribution in [0.15, 0.2) is 24.4 Å². The number of hydrazine groups is 1. The van der Waals surface area contributed by atoms with Gasteiger partial charge in [-0.15, -0.1) is 0 Å². The molecule has 0 unspecified atom stereocenters. The number of aromatic nitrogens is 1. The summed E-state index contributed by atoms with van der Waals surface area (Å²) < 4.78 is 0. The van der Waals surface area contributed by atoms with Crippen molar-refractivity contribution in [1.29, 1.82) is 0 Å². The largest absolute Gasteiger partial charge is 0.308 e. The number of nitrogens with zero attached hydrogens (tertiary/aromatic N) is 1. The number of hydrogen-bond donors (Lipinski definition) is 2. The number of nitrogens with one attached hydrogen (secondary N) is 1. The number of benzene rings is 1. The zero-order valence-electron chi connectivity index (χ0n) is 8.33. The number of nitrogen functional groups attached to an aromatic ring is 1. The third-order valence-electron chi connectivity index (χ3n) is 2.62. The number of anilines is 1. The van der Waals surface area contributed by atoms with Crippen molar-refractivity contribution in [3.05, 3.63) is 35.5 Å². The average Bonchev–Trinajstić information content (AvgIpc) is 2.23. The highest BCUT2D eigenvalue weighted by Gasteiger charge is 2.03. The van der Waals surface area contributed by atoms with E-state index in [1.807, 2.05) is 12.1 Å². The van der Waals surface area contributed by atoms with Crippen molar-refractivity contribution in [1.82, 2.24) is 4.98 Å². The molecule has 0 fully saturated rings. The average molecular weight is 187 g/mol. The molecular weight excluding hydrogens is 174 g/mol. The van der Waals surface area contributed by atoms with E-state index < -0.39 is 0 Å². The van der Waals surface area contributed by atoms with Crippen molar-refractivity contribution < 1.29 is 0 Å². The van der Waals surface area contributed by atoms with Crippen LogP contribution in [0, 0.1) is 13.8 Å². The molecule has 14 heavy (non-hydrogen) atoms. The molecular formula is C11H13N3. The van der Waals surface area contributed by atoms with Crippen LogP contribution in [0.1, 0.15) is 11.1 Å². The Labute approximate surface area is 82.9 Å². The zero-order valence-corrected chi connectivity index (χ0v) is 8.33. The fourth-order valence-corrected chi connectivity index (χ4v) is 1.63. The molecule has 0 saturated carbocycles. The Bertz CT molecular complexity index is 477. The maximum Gasteiger partial charge on any atom is 0.147 e. The molecule has 0 spiro atoms. The molecule has 2 rings (SSSR count). The van der Waals surface area contributed by atoms with Gasteiger partial charge in [-0.3, -0.25) is 0 Å². The SMILES string of the molecule is Cc1ccc2c(NN)nccc2c1C. The molecule has 0 radical (unpaired) electrons. The number of pyridine rings is 1. The van der Waals surface area contributed by atoms with E-state index in [1.54, 1.807) is 6.20 Å². The summed E-state index contributed by atoms with van der Waals surface area (Å²) in [6.07, 6.45) is 1.77. The lowest BCUT2D eigenvalue weighted by molar-refractivity contribution is 1.24. The van der Waals surface area contributed by atoms with Gasteiger partial charge in [0.05, 0.1) is 0 Å². The van der Waals surface area contributed by atoms with Crippen molar-refractivity contribution in [2.75, 3.05) is 5.43 Å². The normalized spacial score (nSPS) is 10.5. The van der Waals surface area contributed by atoms with Crippen molar-refractivity contribution >= 4 is 16.6 Å². The van der Waals surface area contributed by atoms with E-state index in [1.165, 1.54) is 16.5 Å². The van der Waals surface area contributed by atoms with E-state index in [0.29, 0.717) is 0 Å². The second-order valence-electron chi connectivity index (χ2n) is 3.41. The van der Waals surface area contributed by atoms with E-state index >= 15 is 0 Å². The predicted octanol–water partition coefficient (Wildman–Crippen LogP) is 2.14. The summed E-state index contributed by atoms with van der Waals surface area (Å²) >= 11 is 0. The van der Waals surface area contributed by atoms with Gasteiger partial charge >= 0.3 is 0 Å². The molecule has 0 bridgehead atoms. The summed E-state index contributed by atoms with van der Waals surface area (Å²) in [6.45, 7) is 4.21. The second kappa shape index (κ2) is 3.27. The lowest BCUT2D eigenvalue weighted by Gasteiger charge is -2.08. The van der Waals surface area contributed by atoms with Crippen LogP contribution < -0.4 is 11.3 Å². The second-order valence-corrected chi connectivity index (χ2v) is 3.41. The Balaban J connectivity index is 2.86. The summed E-state index contributed by atoms with van der Waals surface area (Å²) in [6, 6.07) is 6.14. The molecule has 0 amide bonds. The van der Waals surface area contributed by atoms with Gasteiger partial charge in [0, 0.05) is 11.6 Å². The standard InChI is InChI=1S/C11H13N3/c1-7-3-4-10-9(8(7)2)5-6-13-11(10)14-12/h3-6H,12H2,1-2H3,(H,13,14). The fraction of sp³-hybridized carbons (Fsp3) is 0.182. The van der Waals surface area contributed by atoms with Gasteiger partial charge in [-0.05, 0) is 36.4 Å². The Kier molecular flexibility index (Phi) is 2.09. The van der Waals surface area contributed by atoms with Crippen LogP contribution in [0.2, 0.25) is 0 Å². The summed E-state index contributed by atoms with van der Waals surface area (Å²) in [4.78, 5) is 4.16. The Hall–Kier alpha value is -1.61. The maximum atomic E-state index is 5.39. The highest BCUT2D eigenvalue weighted by molar-refractivity contribution is 5.94. The van der Waals surface area contributed by atoms with Gasteiger partial charge in [-0.1, -0.05) is 12.1 Å². The fourth-order valence-electron chi connectivity index (χ4n) is 1.63. The molecule has 72 valence electrons. The van der Waals surface area contributed by atoms with Crippen molar-refractivity contribution in [3.63, 3.8) is 0 Å². The van der Waals surface area contributed by atoms with E-state index in [9.17, 15) is 0 Å². The summed E-state index contributed by atoms with van der Waals surface area (Å²) in [7, 11) is 0. The maximum absolute atomic E-state index is 5.39. The molecule has 0 atom stereocenters. The number of rotatable bonds is 1. The van der Waals surface area contributed by atoms with Crippen LogP contribution in [-0.4, -0.2) is 4.98 Å². The first-order valence-electron chi connectivity index (χ1n) is 4.55. The van der Waals surface area contributed by atoms with Gasteiger partial charge in [0.2, 0.25) is 0 Å². The molecule has 3 N–H and O–H groups in total. The van der Waals surface area contributed by atoms with Gasteiger partial charge in [-0.2, -0.15) is 0 Å². The molecule has 2 aromatic rings. The lowest BCUT2D eigenvalue weighted by Crippen LogP contribution is -2.08. The first-order valence-corrected chi connectivity index (χ1v) is 4.55. The Morgan fingerprint density at radius 2 is 1.93 bits per heavy atom. The van der Waals surface area contributed by atoms with E-state index in [4.69, 9.17) is 5.84 Å². The van der Waals surface area contributed by atoms with Crippen LogP contribution in [0.3, 0.4) is 0 Å². The highest BCUT2D eigenvalue weighted by Crippen LogP contribution is 2.25. The summed E-state index contributed by atoms with van der Waals surface area (Å²) in [5.41, 5.74) is 5.17.